The van der Waals surface area contributed by atoms with E-state index in [0.717, 1.165) is 17.1 Å². The zero-order valence-corrected chi connectivity index (χ0v) is 19.3. The number of hydrogen-bond donors (Lipinski definition) is 0. The summed E-state index contributed by atoms with van der Waals surface area (Å²) in [5, 5.41) is 0. The second-order valence-electron chi connectivity index (χ2n) is 8.07. The third-order valence-corrected chi connectivity index (χ3v) is 7.91. The number of carbonyl (C=O) groups excluding carboxylic acids is 1. The molecule has 0 saturated carbocycles. The van der Waals surface area contributed by atoms with Crippen molar-refractivity contribution in [2.45, 2.75) is 18.5 Å². The van der Waals surface area contributed by atoms with Crippen LogP contribution in [0.3, 0.4) is 0 Å². The lowest BCUT2D eigenvalue weighted by Crippen LogP contribution is -2.62. The normalized spacial score (nSPS) is 22.5. The number of sulfone groups is 1. The smallest absolute Gasteiger partial charge is 0.241 e. The summed E-state index contributed by atoms with van der Waals surface area (Å²) in [5.41, 5.74) is 1.64. The number of carbonyl (C=O) groups is 1. The summed E-state index contributed by atoms with van der Waals surface area (Å²) in [6.45, 7) is 0.706. The molecule has 2 heterocycles. The first kappa shape index (κ1) is 22.4. The first-order valence-electron chi connectivity index (χ1n) is 10.5. The van der Waals surface area contributed by atoms with E-state index in [0.29, 0.717) is 24.4 Å². The molecule has 0 aliphatic carbocycles. The van der Waals surface area contributed by atoms with Gasteiger partial charge in [0.05, 0.1) is 45.4 Å². The van der Waals surface area contributed by atoms with Crippen LogP contribution in [0.15, 0.2) is 42.5 Å². The third-order valence-electron chi connectivity index (χ3n) is 6.21. The Kier molecular flexibility index (Phi) is 6.30. The summed E-state index contributed by atoms with van der Waals surface area (Å²) in [4.78, 5) is 16.8. The molecule has 0 radical (unpaired) electrons. The van der Waals surface area contributed by atoms with Gasteiger partial charge in [-0.3, -0.25) is 9.69 Å². The third kappa shape index (κ3) is 4.40. The van der Waals surface area contributed by atoms with E-state index in [9.17, 15) is 13.2 Å². The van der Waals surface area contributed by atoms with Crippen molar-refractivity contribution in [1.82, 2.24) is 4.90 Å². The number of anilines is 1. The van der Waals surface area contributed by atoms with Crippen LogP contribution in [-0.2, 0) is 21.1 Å². The molecule has 0 bridgehead atoms. The van der Waals surface area contributed by atoms with Crippen molar-refractivity contribution in [3.8, 4) is 17.2 Å². The maximum atomic E-state index is 13.2. The van der Waals surface area contributed by atoms with Crippen molar-refractivity contribution in [3.05, 3.63) is 48.0 Å². The molecule has 2 aromatic carbocycles. The quantitative estimate of drug-likeness (QED) is 0.623. The molecule has 172 valence electrons. The van der Waals surface area contributed by atoms with Gasteiger partial charge in [0, 0.05) is 18.3 Å². The molecule has 9 heteroatoms. The zero-order chi connectivity index (χ0) is 22.9. The van der Waals surface area contributed by atoms with Gasteiger partial charge in [0.2, 0.25) is 5.91 Å². The van der Waals surface area contributed by atoms with E-state index in [2.05, 4.69) is 0 Å². The number of rotatable bonds is 7. The van der Waals surface area contributed by atoms with E-state index in [-0.39, 0.29) is 30.0 Å². The molecule has 2 saturated heterocycles. The van der Waals surface area contributed by atoms with E-state index in [1.165, 1.54) is 0 Å². The predicted molar refractivity (Wildman–Crippen MR) is 122 cm³/mol. The van der Waals surface area contributed by atoms with Gasteiger partial charge in [0.25, 0.3) is 0 Å². The van der Waals surface area contributed by atoms with Crippen LogP contribution >= 0.6 is 0 Å². The van der Waals surface area contributed by atoms with Crippen molar-refractivity contribution in [3.63, 3.8) is 0 Å². The number of fused-ring (bicyclic) bond motifs is 1. The minimum absolute atomic E-state index is 0.0333. The van der Waals surface area contributed by atoms with E-state index >= 15 is 0 Å². The number of piperazine rings is 1. The average Bonchev–Trinajstić information content (AvgIpc) is 3.12. The summed E-state index contributed by atoms with van der Waals surface area (Å²) in [5.74, 6) is 2.06. The van der Waals surface area contributed by atoms with Gasteiger partial charge in [-0.2, -0.15) is 0 Å². The molecule has 0 aromatic heterocycles. The van der Waals surface area contributed by atoms with Crippen molar-refractivity contribution >= 4 is 21.4 Å². The van der Waals surface area contributed by atoms with Gasteiger partial charge in [-0.05, 0) is 54.4 Å². The first-order chi connectivity index (χ1) is 15.3. The fourth-order valence-electron chi connectivity index (χ4n) is 4.62. The molecule has 4 rings (SSSR count). The van der Waals surface area contributed by atoms with E-state index in [4.69, 9.17) is 14.2 Å². The predicted octanol–water partition coefficient (Wildman–Crippen LogP) is 1.77. The molecule has 0 spiro atoms. The van der Waals surface area contributed by atoms with Crippen LogP contribution in [-0.4, -0.2) is 77.2 Å². The Morgan fingerprint density at radius 3 is 2.22 bits per heavy atom. The molecule has 32 heavy (non-hydrogen) atoms. The fraction of sp³-hybridized carbons (Fsp3) is 0.435. The van der Waals surface area contributed by atoms with Crippen LogP contribution in [0.25, 0.3) is 0 Å². The molecule has 0 unspecified atom stereocenters. The summed E-state index contributed by atoms with van der Waals surface area (Å²) in [6, 6.07) is 12.1. The van der Waals surface area contributed by atoms with Crippen LogP contribution < -0.4 is 19.1 Å². The minimum Gasteiger partial charge on any atom is -0.497 e. The summed E-state index contributed by atoms with van der Waals surface area (Å²) in [6.07, 6.45) is 0.611. The van der Waals surface area contributed by atoms with Crippen molar-refractivity contribution in [2.75, 3.05) is 50.8 Å². The molecule has 1 amide bonds. The standard InChI is InChI=1S/C23H28N2O6S/c1-29-18-6-4-17(5-7-18)25-21-15-32(27,28)14-20(21)24(13-23(25)26)11-10-16-12-19(30-2)8-9-22(16)31-3/h4-9,12,20-21H,10-11,13-15H2,1-3H3/t20-,21+/m0/s1. The molecule has 2 fully saturated rings. The number of benzene rings is 2. The molecule has 8 nitrogen and oxygen atoms in total. The largest absolute Gasteiger partial charge is 0.497 e. The lowest BCUT2D eigenvalue weighted by atomic mass is 10.0. The van der Waals surface area contributed by atoms with Crippen LogP contribution in [0.2, 0.25) is 0 Å². The molecular weight excluding hydrogens is 432 g/mol. The van der Waals surface area contributed by atoms with Gasteiger partial charge in [0.15, 0.2) is 9.84 Å². The Hall–Kier alpha value is -2.78. The fourth-order valence-corrected chi connectivity index (χ4v) is 6.60. The topological polar surface area (TPSA) is 85.4 Å². The van der Waals surface area contributed by atoms with Gasteiger partial charge in [0.1, 0.15) is 17.2 Å². The second-order valence-corrected chi connectivity index (χ2v) is 10.2. The number of methoxy groups -OCH3 is 3. The highest BCUT2D eigenvalue weighted by atomic mass is 32.2. The van der Waals surface area contributed by atoms with Crippen LogP contribution in [0.1, 0.15) is 5.56 Å². The lowest BCUT2D eigenvalue weighted by molar-refractivity contribution is -0.123. The van der Waals surface area contributed by atoms with E-state index < -0.39 is 15.9 Å². The maximum Gasteiger partial charge on any atom is 0.241 e. The monoisotopic (exact) mass is 460 g/mol. The number of amides is 1. The Labute approximate surface area is 188 Å². The van der Waals surface area contributed by atoms with Crippen LogP contribution in [0, 0.1) is 0 Å². The van der Waals surface area contributed by atoms with Crippen molar-refractivity contribution in [1.29, 1.82) is 0 Å². The van der Waals surface area contributed by atoms with E-state index in [1.807, 2.05) is 23.1 Å². The summed E-state index contributed by atoms with van der Waals surface area (Å²) in [7, 11) is 1.55. The minimum atomic E-state index is -3.25. The highest BCUT2D eigenvalue weighted by molar-refractivity contribution is 7.91. The zero-order valence-electron chi connectivity index (χ0n) is 18.5. The SMILES string of the molecule is COc1ccc(N2C(=O)CN(CCc3cc(OC)ccc3OC)[C@H]3CS(=O)(=O)C[C@H]32)cc1. The number of nitrogens with zero attached hydrogens (tertiary/aromatic N) is 2. The first-order valence-corrected chi connectivity index (χ1v) is 12.3. The van der Waals surface area contributed by atoms with Gasteiger partial charge >= 0.3 is 0 Å². The Balaban J connectivity index is 1.57. The summed E-state index contributed by atoms with van der Waals surface area (Å²) < 4.78 is 41.1. The summed E-state index contributed by atoms with van der Waals surface area (Å²) >= 11 is 0. The Bertz CT molecular complexity index is 1090. The highest BCUT2D eigenvalue weighted by Gasteiger charge is 2.49. The van der Waals surface area contributed by atoms with Crippen molar-refractivity contribution in [2.24, 2.45) is 0 Å². The number of hydrogen-bond acceptors (Lipinski definition) is 7. The molecule has 2 aliphatic rings. The Morgan fingerprint density at radius 2 is 1.56 bits per heavy atom. The molecular formula is C23H28N2O6S. The Morgan fingerprint density at radius 1 is 0.906 bits per heavy atom. The van der Waals surface area contributed by atoms with Gasteiger partial charge in [-0.25, -0.2) is 8.42 Å². The molecule has 2 aliphatic heterocycles. The van der Waals surface area contributed by atoms with E-state index in [1.54, 1.807) is 50.5 Å². The van der Waals surface area contributed by atoms with Crippen molar-refractivity contribution < 1.29 is 27.4 Å². The number of ether oxygens (including phenoxy) is 3. The van der Waals surface area contributed by atoms with Crippen LogP contribution in [0.4, 0.5) is 5.69 Å². The van der Waals surface area contributed by atoms with Gasteiger partial charge in [-0.15, -0.1) is 0 Å². The molecule has 2 atom stereocenters. The van der Waals surface area contributed by atoms with Crippen LogP contribution in [0.5, 0.6) is 17.2 Å². The van der Waals surface area contributed by atoms with Gasteiger partial charge in [-0.1, -0.05) is 0 Å². The molecule has 0 N–H and O–H groups in total. The van der Waals surface area contributed by atoms with Gasteiger partial charge < -0.3 is 19.1 Å². The second kappa shape index (κ2) is 8.99. The highest BCUT2D eigenvalue weighted by Crippen LogP contribution is 2.33. The lowest BCUT2D eigenvalue weighted by Gasteiger charge is -2.43. The molecule has 2 aromatic rings. The maximum absolute atomic E-state index is 13.2. The average molecular weight is 461 g/mol.